The Morgan fingerprint density at radius 3 is 2.75 bits per heavy atom. The van der Waals surface area contributed by atoms with Crippen molar-refractivity contribution in [3.8, 4) is 0 Å². The average molecular weight is 323 g/mol. The number of ether oxygens (including phenoxy) is 1. The summed E-state index contributed by atoms with van der Waals surface area (Å²) in [5, 5.41) is 6.78. The Morgan fingerprint density at radius 2 is 2.04 bits per heavy atom. The zero-order valence-electron chi connectivity index (χ0n) is 14.1. The Labute approximate surface area is 141 Å². The van der Waals surface area contributed by atoms with Crippen molar-refractivity contribution in [3.05, 3.63) is 65.1 Å². The molecule has 2 N–H and O–H groups in total. The summed E-state index contributed by atoms with van der Waals surface area (Å²) in [7, 11) is 0. The number of carbonyl (C=O) groups excluding carboxylic acids is 1. The summed E-state index contributed by atoms with van der Waals surface area (Å²) in [6.07, 6.45) is 1.73. The second kappa shape index (κ2) is 6.74. The molecule has 0 fully saturated rings. The SMILES string of the molecule is CCOC(=O)C1=C(C)Nc2cc(C)ccc2NC1c1ccccn1. The number of aromatic nitrogens is 1. The molecule has 0 saturated heterocycles. The van der Waals surface area contributed by atoms with E-state index in [1.165, 1.54) is 0 Å². The Kier molecular flexibility index (Phi) is 4.51. The van der Waals surface area contributed by atoms with Gasteiger partial charge in [0.2, 0.25) is 0 Å². The van der Waals surface area contributed by atoms with Crippen LogP contribution in [0.5, 0.6) is 0 Å². The van der Waals surface area contributed by atoms with Crippen LogP contribution in [0.4, 0.5) is 11.4 Å². The Hall–Kier alpha value is -2.82. The highest BCUT2D eigenvalue weighted by atomic mass is 16.5. The quantitative estimate of drug-likeness (QED) is 0.841. The molecule has 124 valence electrons. The number of esters is 1. The van der Waals surface area contributed by atoms with Gasteiger partial charge in [0.25, 0.3) is 0 Å². The molecule has 2 heterocycles. The number of allylic oxidation sites excluding steroid dienone is 1. The number of fused-ring (bicyclic) bond motifs is 1. The maximum atomic E-state index is 12.6. The van der Waals surface area contributed by atoms with E-state index in [-0.39, 0.29) is 12.0 Å². The van der Waals surface area contributed by atoms with E-state index in [0.717, 1.165) is 28.3 Å². The molecule has 0 bridgehead atoms. The molecule has 0 aliphatic carbocycles. The third-order valence-corrected chi connectivity index (χ3v) is 3.97. The van der Waals surface area contributed by atoms with E-state index in [4.69, 9.17) is 4.74 Å². The summed E-state index contributed by atoms with van der Waals surface area (Å²) >= 11 is 0. The molecule has 1 aliphatic heterocycles. The van der Waals surface area contributed by atoms with Gasteiger partial charge in [-0.3, -0.25) is 4.98 Å². The van der Waals surface area contributed by atoms with Crippen molar-refractivity contribution < 1.29 is 9.53 Å². The Bertz CT molecular complexity index is 784. The largest absolute Gasteiger partial charge is 0.463 e. The van der Waals surface area contributed by atoms with Crippen LogP contribution in [-0.4, -0.2) is 17.6 Å². The molecule has 0 saturated carbocycles. The topological polar surface area (TPSA) is 63.2 Å². The first-order chi connectivity index (χ1) is 11.6. The fraction of sp³-hybridized carbons (Fsp3) is 0.263. The summed E-state index contributed by atoms with van der Waals surface area (Å²) < 4.78 is 5.28. The summed E-state index contributed by atoms with van der Waals surface area (Å²) in [6, 6.07) is 11.4. The summed E-state index contributed by atoms with van der Waals surface area (Å²) in [5.41, 5.74) is 5.09. The van der Waals surface area contributed by atoms with E-state index in [0.29, 0.717) is 12.2 Å². The average Bonchev–Trinajstić information content (AvgIpc) is 2.71. The van der Waals surface area contributed by atoms with E-state index in [9.17, 15) is 4.79 Å². The molecule has 5 nitrogen and oxygen atoms in total. The van der Waals surface area contributed by atoms with Crippen molar-refractivity contribution in [2.75, 3.05) is 17.2 Å². The van der Waals surface area contributed by atoms with Gasteiger partial charge in [0.1, 0.15) is 6.04 Å². The number of carbonyl (C=O) groups is 1. The van der Waals surface area contributed by atoms with Crippen molar-refractivity contribution in [2.24, 2.45) is 0 Å². The lowest BCUT2D eigenvalue weighted by Gasteiger charge is -2.20. The van der Waals surface area contributed by atoms with Crippen LogP contribution in [0.15, 0.2) is 53.9 Å². The smallest absolute Gasteiger partial charge is 0.338 e. The predicted molar refractivity (Wildman–Crippen MR) is 94.7 cm³/mol. The second-order valence-electron chi connectivity index (χ2n) is 5.77. The molecule has 1 atom stereocenters. The number of anilines is 2. The summed E-state index contributed by atoms with van der Waals surface area (Å²) in [4.78, 5) is 17.0. The molecule has 0 amide bonds. The molecule has 0 spiro atoms. The fourth-order valence-electron chi connectivity index (χ4n) is 2.85. The van der Waals surface area contributed by atoms with Gasteiger partial charge in [-0.25, -0.2) is 4.79 Å². The molecule has 5 heteroatoms. The van der Waals surface area contributed by atoms with Gasteiger partial charge >= 0.3 is 5.97 Å². The number of pyridine rings is 1. The minimum absolute atomic E-state index is 0.330. The first kappa shape index (κ1) is 16.1. The predicted octanol–water partition coefficient (Wildman–Crippen LogP) is 3.81. The van der Waals surface area contributed by atoms with Crippen LogP contribution >= 0.6 is 0 Å². The molecule has 1 aromatic carbocycles. The number of hydrogen-bond donors (Lipinski definition) is 2. The first-order valence-electron chi connectivity index (χ1n) is 8.03. The van der Waals surface area contributed by atoms with Gasteiger partial charge in [0.15, 0.2) is 0 Å². The number of rotatable bonds is 3. The molecule has 2 aromatic rings. The molecule has 0 radical (unpaired) electrons. The number of nitrogens with zero attached hydrogens (tertiary/aromatic N) is 1. The van der Waals surface area contributed by atoms with E-state index >= 15 is 0 Å². The summed E-state index contributed by atoms with van der Waals surface area (Å²) in [5.74, 6) is -0.338. The molecular weight excluding hydrogens is 302 g/mol. The normalized spacial score (nSPS) is 16.5. The van der Waals surface area contributed by atoms with Crippen LogP contribution in [0.2, 0.25) is 0 Å². The molecule has 1 aliphatic rings. The van der Waals surface area contributed by atoms with Crippen LogP contribution in [0, 0.1) is 6.92 Å². The number of hydrogen-bond acceptors (Lipinski definition) is 5. The third kappa shape index (κ3) is 3.11. The van der Waals surface area contributed by atoms with E-state index < -0.39 is 0 Å². The standard InChI is InChI=1S/C19H21N3O2/c1-4-24-19(23)17-13(3)21-16-11-12(2)8-9-14(16)22-18(17)15-7-5-6-10-20-15/h5-11,18,21-22H,4H2,1-3H3. The van der Waals surface area contributed by atoms with Crippen LogP contribution in [0.3, 0.4) is 0 Å². The third-order valence-electron chi connectivity index (χ3n) is 3.97. The van der Waals surface area contributed by atoms with Crippen molar-refractivity contribution >= 4 is 17.3 Å². The van der Waals surface area contributed by atoms with Gasteiger partial charge in [-0.1, -0.05) is 12.1 Å². The van der Waals surface area contributed by atoms with Crippen LogP contribution < -0.4 is 10.6 Å². The molecule has 1 unspecified atom stereocenters. The lowest BCUT2D eigenvalue weighted by molar-refractivity contribution is -0.138. The van der Waals surface area contributed by atoms with Gasteiger partial charge in [-0.05, 0) is 50.6 Å². The lowest BCUT2D eigenvalue weighted by Crippen LogP contribution is -2.22. The van der Waals surface area contributed by atoms with E-state index in [1.54, 1.807) is 13.1 Å². The van der Waals surface area contributed by atoms with Crippen LogP contribution in [-0.2, 0) is 9.53 Å². The van der Waals surface area contributed by atoms with Gasteiger partial charge in [-0.15, -0.1) is 0 Å². The minimum Gasteiger partial charge on any atom is -0.463 e. The van der Waals surface area contributed by atoms with Crippen molar-refractivity contribution in [2.45, 2.75) is 26.8 Å². The van der Waals surface area contributed by atoms with Gasteiger partial charge in [0, 0.05) is 11.9 Å². The van der Waals surface area contributed by atoms with Gasteiger partial charge in [0.05, 0.1) is 29.2 Å². The highest BCUT2D eigenvalue weighted by Gasteiger charge is 2.30. The van der Waals surface area contributed by atoms with Gasteiger partial charge in [-0.2, -0.15) is 0 Å². The maximum Gasteiger partial charge on any atom is 0.338 e. The fourth-order valence-corrected chi connectivity index (χ4v) is 2.85. The zero-order chi connectivity index (χ0) is 17.1. The minimum atomic E-state index is -0.373. The lowest BCUT2D eigenvalue weighted by atomic mass is 10.0. The van der Waals surface area contributed by atoms with Crippen molar-refractivity contribution in [1.29, 1.82) is 0 Å². The van der Waals surface area contributed by atoms with Crippen LogP contribution in [0.25, 0.3) is 0 Å². The zero-order valence-corrected chi connectivity index (χ0v) is 14.1. The van der Waals surface area contributed by atoms with Crippen molar-refractivity contribution in [1.82, 2.24) is 4.98 Å². The Morgan fingerprint density at radius 1 is 1.21 bits per heavy atom. The Balaban J connectivity index is 2.12. The molecule has 24 heavy (non-hydrogen) atoms. The van der Waals surface area contributed by atoms with E-state index in [2.05, 4.69) is 21.7 Å². The number of aryl methyl sites for hydroxylation is 1. The molecular formula is C19H21N3O2. The monoisotopic (exact) mass is 323 g/mol. The highest BCUT2D eigenvalue weighted by Crippen LogP contribution is 2.36. The maximum absolute atomic E-state index is 12.6. The first-order valence-corrected chi connectivity index (χ1v) is 8.03. The number of nitrogens with one attached hydrogen (secondary N) is 2. The van der Waals surface area contributed by atoms with Crippen LogP contribution in [0.1, 0.15) is 31.1 Å². The molecule has 1 aromatic heterocycles. The number of benzene rings is 1. The van der Waals surface area contributed by atoms with Crippen molar-refractivity contribution in [3.63, 3.8) is 0 Å². The van der Waals surface area contributed by atoms with E-state index in [1.807, 2.05) is 44.2 Å². The molecule has 3 rings (SSSR count). The second-order valence-corrected chi connectivity index (χ2v) is 5.77. The highest BCUT2D eigenvalue weighted by molar-refractivity contribution is 5.94. The van der Waals surface area contributed by atoms with Gasteiger partial charge < -0.3 is 15.4 Å². The summed E-state index contributed by atoms with van der Waals surface area (Å²) in [6.45, 7) is 6.06.